The third-order valence-electron chi connectivity index (χ3n) is 1.41. The summed E-state index contributed by atoms with van der Waals surface area (Å²) < 4.78 is 15.4. The summed E-state index contributed by atoms with van der Waals surface area (Å²) in [6, 6.07) is 0. The van der Waals surface area contributed by atoms with Crippen LogP contribution in [-0.4, -0.2) is 31.2 Å². The summed E-state index contributed by atoms with van der Waals surface area (Å²) in [6.07, 6.45) is -0.417. The molecule has 1 heterocycles. The summed E-state index contributed by atoms with van der Waals surface area (Å²) in [5.41, 5.74) is 0. The number of ether oxygens (including phenoxy) is 3. The monoisotopic (exact) mass is 180 g/mol. The number of epoxide rings is 1. The maximum Gasteiger partial charge on any atom is 0.216 e. The average Bonchev–Trinajstić information content (AvgIpc) is 2.69. The lowest BCUT2D eigenvalue weighted by atomic mass is 10.4. The van der Waals surface area contributed by atoms with Crippen LogP contribution in [0.4, 0.5) is 0 Å². The van der Waals surface area contributed by atoms with Crippen molar-refractivity contribution in [2.24, 2.45) is 0 Å². The molecule has 0 spiro atoms. The topological polar surface area (TPSA) is 31.0 Å². The summed E-state index contributed by atoms with van der Waals surface area (Å²) in [4.78, 5) is 0. The second kappa shape index (κ2) is 3.72. The van der Waals surface area contributed by atoms with E-state index in [4.69, 9.17) is 25.8 Å². The molecule has 0 amide bonds. The van der Waals surface area contributed by atoms with Crippen molar-refractivity contribution in [3.8, 4) is 0 Å². The standard InChI is InChI=1S/C7H13ClO3/c1-3-9-6(10-4-2)7(8)5-11-7/h6H,3-5H2,1-2H3. The molecule has 1 fully saturated rings. The molecule has 1 atom stereocenters. The van der Waals surface area contributed by atoms with E-state index >= 15 is 0 Å². The van der Waals surface area contributed by atoms with E-state index in [0.29, 0.717) is 19.8 Å². The molecule has 3 nitrogen and oxygen atoms in total. The smallest absolute Gasteiger partial charge is 0.216 e. The van der Waals surface area contributed by atoms with Crippen molar-refractivity contribution in [1.29, 1.82) is 0 Å². The number of rotatable bonds is 5. The molecule has 0 bridgehead atoms. The Labute approximate surface area is 71.6 Å². The molecule has 1 aliphatic heterocycles. The molecule has 0 radical (unpaired) electrons. The Morgan fingerprint density at radius 2 is 1.91 bits per heavy atom. The number of hydrogen-bond acceptors (Lipinski definition) is 3. The molecule has 0 N–H and O–H groups in total. The maximum atomic E-state index is 5.90. The highest BCUT2D eigenvalue weighted by Gasteiger charge is 2.52. The summed E-state index contributed by atoms with van der Waals surface area (Å²) in [6.45, 7) is 5.48. The predicted molar refractivity (Wildman–Crippen MR) is 41.6 cm³/mol. The molecule has 11 heavy (non-hydrogen) atoms. The van der Waals surface area contributed by atoms with Gasteiger partial charge in [-0.15, -0.1) is 0 Å². The van der Waals surface area contributed by atoms with E-state index in [0.717, 1.165) is 0 Å². The van der Waals surface area contributed by atoms with E-state index in [9.17, 15) is 0 Å². The normalized spacial score (nSPS) is 29.5. The number of halogens is 1. The first-order valence-corrected chi connectivity index (χ1v) is 4.16. The van der Waals surface area contributed by atoms with Crippen LogP contribution in [0.2, 0.25) is 0 Å². The van der Waals surface area contributed by atoms with E-state index in [1.165, 1.54) is 0 Å². The first-order chi connectivity index (χ1) is 5.23. The predicted octanol–water partition coefficient (Wildman–Crippen LogP) is 1.35. The van der Waals surface area contributed by atoms with Gasteiger partial charge in [0, 0.05) is 13.2 Å². The fourth-order valence-corrected chi connectivity index (χ4v) is 0.985. The second-order valence-corrected chi connectivity index (χ2v) is 2.96. The van der Waals surface area contributed by atoms with Crippen LogP contribution in [0.25, 0.3) is 0 Å². The van der Waals surface area contributed by atoms with Crippen molar-refractivity contribution in [2.75, 3.05) is 19.8 Å². The summed E-state index contributed by atoms with van der Waals surface area (Å²) in [7, 11) is 0. The van der Waals surface area contributed by atoms with E-state index < -0.39 is 11.4 Å². The fourth-order valence-electron chi connectivity index (χ4n) is 0.805. The van der Waals surface area contributed by atoms with Gasteiger partial charge in [0.05, 0.1) is 6.61 Å². The van der Waals surface area contributed by atoms with Crippen molar-refractivity contribution < 1.29 is 14.2 Å². The molecule has 4 heteroatoms. The van der Waals surface area contributed by atoms with E-state index in [1.807, 2.05) is 13.8 Å². The molecule has 0 saturated carbocycles. The van der Waals surface area contributed by atoms with Gasteiger partial charge in [-0.3, -0.25) is 0 Å². The fraction of sp³-hybridized carbons (Fsp3) is 1.00. The second-order valence-electron chi connectivity index (χ2n) is 2.32. The molecule has 1 rings (SSSR count). The molecule has 1 saturated heterocycles. The maximum absolute atomic E-state index is 5.90. The van der Waals surface area contributed by atoms with Crippen LogP contribution in [-0.2, 0) is 14.2 Å². The lowest BCUT2D eigenvalue weighted by Crippen LogP contribution is -2.30. The van der Waals surface area contributed by atoms with Crippen molar-refractivity contribution in [2.45, 2.75) is 25.2 Å². The average molecular weight is 181 g/mol. The van der Waals surface area contributed by atoms with Gasteiger partial charge in [-0.2, -0.15) is 0 Å². The van der Waals surface area contributed by atoms with E-state index in [-0.39, 0.29) is 0 Å². The van der Waals surface area contributed by atoms with Gasteiger partial charge in [-0.05, 0) is 13.8 Å². The van der Waals surface area contributed by atoms with Crippen LogP contribution in [0.1, 0.15) is 13.8 Å². The third-order valence-corrected chi connectivity index (χ3v) is 1.80. The van der Waals surface area contributed by atoms with Gasteiger partial charge in [-0.25, -0.2) is 0 Å². The molecule has 0 aromatic rings. The highest BCUT2D eigenvalue weighted by atomic mass is 35.5. The van der Waals surface area contributed by atoms with Gasteiger partial charge >= 0.3 is 0 Å². The zero-order valence-electron chi connectivity index (χ0n) is 6.80. The molecule has 0 aromatic heterocycles. The Kier molecular flexibility index (Phi) is 3.13. The highest BCUT2D eigenvalue weighted by Crippen LogP contribution is 2.37. The van der Waals surface area contributed by atoms with Crippen LogP contribution in [0.3, 0.4) is 0 Å². The quantitative estimate of drug-likeness (QED) is 0.364. The summed E-state index contributed by atoms with van der Waals surface area (Å²) >= 11 is 5.90. The number of alkyl halides is 1. The van der Waals surface area contributed by atoms with Crippen molar-refractivity contribution in [3.63, 3.8) is 0 Å². The lowest BCUT2D eigenvalue weighted by molar-refractivity contribution is -0.156. The minimum atomic E-state index is -0.702. The lowest BCUT2D eigenvalue weighted by Gasteiger charge is -2.18. The van der Waals surface area contributed by atoms with Crippen molar-refractivity contribution >= 4 is 11.6 Å². The van der Waals surface area contributed by atoms with Gasteiger partial charge in [-0.1, -0.05) is 11.6 Å². The van der Waals surface area contributed by atoms with Gasteiger partial charge in [0.1, 0.15) is 0 Å². The molecule has 1 unspecified atom stereocenters. The van der Waals surface area contributed by atoms with Gasteiger partial charge < -0.3 is 14.2 Å². The largest absolute Gasteiger partial charge is 0.349 e. The zero-order chi connectivity index (χ0) is 8.32. The Morgan fingerprint density at radius 3 is 2.18 bits per heavy atom. The first-order valence-electron chi connectivity index (χ1n) is 3.79. The summed E-state index contributed by atoms with van der Waals surface area (Å²) in [5, 5.41) is -0.702. The summed E-state index contributed by atoms with van der Waals surface area (Å²) in [5.74, 6) is 0. The molecule has 0 aliphatic carbocycles. The van der Waals surface area contributed by atoms with Gasteiger partial charge in [0.2, 0.25) is 11.4 Å². The van der Waals surface area contributed by atoms with Gasteiger partial charge in [0.15, 0.2) is 0 Å². The molecular formula is C7H13ClO3. The van der Waals surface area contributed by atoms with Gasteiger partial charge in [0.25, 0.3) is 0 Å². The van der Waals surface area contributed by atoms with E-state index in [1.54, 1.807) is 0 Å². The molecule has 66 valence electrons. The van der Waals surface area contributed by atoms with Crippen LogP contribution in [0, 0.1) is 0 Å². The van der Waals surface area contributed by atoms with Crippen molar-refractivity contribution in [1.82, 2.24) is 0 Å². The first kappa shape index (κ1) is 9.26. The minimum Gasteiger partial charge on any atom is -0.349 e. The Balaban J connectivity index is 2.32. The molecule has 1 aliphatic rings. The van der Waals surface area contributed by atoms with Crippen molar-refractivity contribution in [3.05, 3.63) is 0 Å². The van der Waals surface area contributed by atoms with Crippen LogP contribution < -0.4 is 0 Å². The zero-order valence-corrected chi connectivity index (χ0v) is 7.56. The van der Waals surface area contributed by atoms with Crippen LogP contribution in [0.5, 0.6) is 0 Å². The Hall–Kier alpha value is 0.170. The minimum absolute atomic E-state index is 0.417. The van der Waals surface area contributed by atoms with Crippen LogP contribution >= 0.6 is 11.6 Å². The third kappa shape index (κ3) is 2.30. The van der Waals surface area contributed by atoms with E-state index in [2.05, 4.69) is 0 Å². The Morgan fingerprint density at radius 1 is 1.45 bits per heavy atom. The Bertz CT molecular complexity index is 119. The molecule has 0 aromatic carbocycles. The number of hydrogen-bond donors (Lipinski definition) is 0. The molecular weight excluding hydrogens is 168 g/mol. The van der Waals surface area contributed by atoms with Crippen LogP contribution in [0.15, 0.2) is 0 Å². The highest BCUT2D eigenvalue weighted by molar-refractivity contribution is 6.24. The SMILES string of the molecule is CCOC(OCC)C1(Cl)CO1.